The molecule has 5 nitrogen and oxygen atoms in total. The molecule has 1 N–H and O–H groups in total. The average molecular weight is 293 g/mol. The first-order valence-corrected chi connectivity index (χ1v) is 6.91. The zero-order chi connectivity index (χ0) is 15.4. The van der Waals surface area contributed by atoms with Gasteiger partial charge in [-0.05, 0) is 48.7 Å². The molecule has 0 unspecified atom stereocenters. The molecule has 0 aliphatic rings. The number of nitrogens with zero attached hydrogens (tertiary/aromatic N) is 2. The third-order valence-corrected chi connectivity index (χ3v) is 3.33. The minimum atomic E-state index is -0.270. The summed E-state index contributed by atoms with van der Waals surface area (Å²) in [6, 6.07) is 11.7. The predicted octanol–water partition coefficient (Wildman–Crippen LogP) is 3.22. The fourth-order valence-electron chi connectivity index (χ4n) is 2.16. The monoisotopic (exact) mass is 293 g/mol. The standard InChI is InChI=1S/C17H15N3O2/c1-12-16(19-11-22-12)17(21)20-15-4-2-13(3-5-15)10-14-6-8-18-9-7-14/h2-9,11H,10H2,1H3,(H,20,21). The molecule has 2 heterocycles. The summed E-state index contributed by atoms with van der Waals surface area (Å²) in [6.07, 6.45) is 5.66. The Kier molecular flexibility index (Phi) is 3.96. The molecule has 22 heavy (non-hydrogen) atoms. The van der Waals surface area contributed by atoms with Crippen LogP contribution in [0, 0.1) is 6.92 Å². The first-order chi connectivity index (χ1) is 10.7. The van der Waals surface area contributed by atoms with E-state index < -0.39 is 0 Å². The molecule has 2 aromatic heterocycles. The van der Waals surface area contributed by atoms with Gasteiger partial charge in [-0.1, -0.05) is 12.1 Å². The van der Waals surface area contributed by atoms with Gasteiger partial charge in [-0.25, -0.2) is 4.98 Å². The Balaban J connectivity index is 1.67. The van der Waals surface area contributed by atoms with Crippen molar-refractivity contribution in [1.82, 2.24) is 9.97 Å². The van der Waals surface area contributed by atoms with Gasteiger partial charge in [-0.15, -0.1) is 0 Å². The lowest BCUT2D eigenvalue weighted by Crippen LogP contribution is -2.13. The van der Waals surface area contributed by atoms with Crippen molar-refractivity contribution < 1.29 is 9.21 Å². The number of hydrogen-bond acceptors (Lipinski definition) is 4. The van der Waals surface area contributed by atoms with Crippen molar-refractivity contribution in [2.24, 2.45) is 0 Å². The van der Waals surface area contributed by atoms with E-state index in [1.54, 1.807) is 19.3 Å². The van der Waals surface area contributed by atoms with Gasteiger partial charge < -0.3 is 9.73 Å². The smallest absolute Gasteiger partial charge is 0.277 e. The molecular formula is C17H15N3O2. The Hall–Kier alpha value is -2.95. The maximum Gasteiger partial charge on any atom is 0.277 e. The molecule has 110 valence electrons. The maximum atomic E-state index is 12.0. The predicted molar refractivity (Wildman–Crippen MR) is 82.7 cm³/mol. The second kappa shape index (κ2) is 6.22. The van der Waals surface area contributed by atoms with Crippen molar-refractivity contribution in [3.63, 3.8) is 0 Å². The molecular weight excluding hydrogens is 278 g/mol. The lowest BCUT2D eigenvalue weighted by atomic mass is 10.1. The van der Waals surface area contributed by atoms with Crippen LogP contribution in [0.1, 0.15) is 27.4 Å². The maximum absolute atomic E-state index is 12.0. The Morgan fingerprint density at radius 1 is 1.09 bits per heavy atom. The van der Waals surface area contributed by atoms with E-state index in [2.05, 4.69) is 15.3 Å². The first kappa shape index (κ1) is 14.0. The minimum Gasteiger partial charge on any atom is -0.448 e. The van der Waals surface area contributed by atoms with Gasteiger partial charge in [-0.2, -0.15) is 0 Å². The molecule has 3 aromatic rings. The number of oxazole rings is 1. The van der Waals surface area contributed by atoms with Crippen molar-refractivity contribution >= 4 is 11.6 Å². The number of carbonyl (C=O) groups excluding carboxylic acids is 1. The summed E-state index contributed by atoms with van der Waals surface area (Å²) in [6.45, 7) is 1.71. The van der Waals surface area contributed by atoms with Crippen molar-refractivity contribution in [3.8, 4) is 0 Å². The van der Waals surface area contributed by atoms with Crippen LogP contribution in [0.4, 0.5) is 5.69 Å². The minimum absolute atomic E-state index is 0.270. The quantitative estimate of drug-likeness (QED) is 0.802. The average Bonchev–Trinajstić information content (AvgIpc) is 2.96. The first-order valence-electron chi connectivity index (χ1n) is 6.91. The number of carbonyl (C=O) groups is 1. The highest BCUT2D eigenvalue weighted by molar-refractivity contribution is 6.03. The van der Waals surface area contributed by atoms with Gasteiger partial charge in [0.05, 0.1) is 0 Å². The van der Waals surface area contributed by atoms with Crippen LogP contribution in [0.2, 0.25) is 0 Å². The van der Waals surface area contributed by atoms with E-state index in [4.69, 9.17) is 4.42 Å². The van der Waals surface area contributed by atoms with Crippen LogP contribution in [0.3, 0.4) is 0 Å². The van der Waals surface area contributed by atoms with E-state index in [9.17, 15) is 4.79 Å². The molecule has 0 saturated heterocycles. The number of pyridine rings is 1. The van der Waals surface area contributed by atoms with Gasteiger partial charge in [0.2, 0.25) is 0 Å². The zero-order valence-corrected chi connectivity index (χ0v) is 12.1. The van der Waals surface area contributed by atoms with Crippen LogP contribution in [0.5, 0.6) is 0 Å². The van der Waals surface area contributed by atoms with E-state index in [-0.39, 0.29) is 5.91 Å². The SMILES string of the molecule is Cc1ocnc1C(=O)Nc1ccc(Cc2ccncc2)cc1. The highest BCUT2D eigenvalue weighted by atomic mass is 16.3. The van der Waals surface area contributed by atoms with Crippen molar-refractivity contribution in [2.45, 2.75) is 13.3 Å². The van der Waals surface area contributed by atoms with Gasteiger partial charge >= 0.3 is 0 Å². The zero-order valence-electron chi connectivity index (χ0n) is 12.1. The number of hydrogen-bond donors (Lipinski definition) is 1. The van der Waals surface area contributed by atoms with E-state index in [0.29, 0.717) is 11.5 Å². The van der Waals surface area contributed by atoms with E-state index in [0.717, 1.165) is 12.1 Å². The molecule has 0 spiro atoms. The molecule has 0 fully saturated rings. The molecule has 3 rings (SSSR count). The highest BCUT2D eigenvalue weighted by Crippen LogP contribution is 2.15. The molecule has 5 heteroatoms. The van der Waals surface area contributed by atoms with Crippen LogP contribution >= 0.6 is 0 Å². The van der Waals surface area contributed by atoms with Crippen LogP contribution in [-0.4, -0.2) is 15.9 Å². The summed E-state index contributed by atoms with van der Waals surface area (Å²) in [4.78, 5) is 19.9. The van der Waals surface area contributed by atoms with Crippen LogP contribution in [-0.2, 0) is 6.42 Å². The van der Waals surface area contributed by atoms with Crippen LogP contribution in [0.25, 0.3) is 0 Å². The molecule has 0 saturated carbocycles. The molecule has 0 bridgehead atoms. The fraction of sp³-hybridized carbons (Fsp3) is 0.118. The van der Waals surface area contributed by atoms with E-state index in [1.165, 1.54) is 17.5 Å². The largest absolute Gasteiger partial charge is 0.448 e. The van der Waals surface area contributed by atoms with Crippen molar-refractivity contribution in [1.29, 1.82) is 0 Å². The summed E-state index contributed by atoms with van der Waals surface area (Å²) >= 11 is 0. The third kappa shape index (κ3) is 3.20. The van der Waals surface area contributed by atoms with Gasteiger partial charge in [-0.3, -0.25) is 9.78 Å². The normalized spacial score (nSPS) is 10.4. The molecule has 1 amide bonds. The number of benzene rings is 1. The van der Waals surface area contributed by atoms with Crippen molar-refractivity contribution in [3.05, 3.63) is 77.8 Å². The third-order valence-electron chi connectivity index (χ3n) is 3.33. The number of nitrogens with one attached hydrogen (secondary N) is 1. The lowest BCUT2D eigenvalue weighted by Gasteiger charge is -2.06. The summed E-state index contributed by atoms with van der Waals surface area (Å²) < 4.78 is 5.03. The number of amides is 1. The molecule has 1 aromatic carbocycles. The molecule has 0 radical (unpaired) electrons. The lowest BCUT2D eigenvalue weighted by molar-refractivity contribution is 0.102. The number of aryl methyl sites for hydroxylation is 1. The fourth-order valence-corrected chi connectivity index (χ4v) is 2.16. The Labute approximate surface area is 128 Å². The summed E-state index contributed by atoms with van der Waals surface area (Å²) in [5.41, 5.74) is 3.40. The van der Waals surface area contributed by atoms with Gasteiger partial charge in [0.15, 0.2) is 12.1 Å². The van der Waals surface area contributed by atoms with Crippen LogP contribution < -0.4 is 5.32 Å². The number of aromatic nitrogens is 2. The second-order valence-corrected chi connectivity index (χ2v) is 4.94. The Morgan fingerprint density at radius 3 is 2.41 bits per heavy atom. The summed E-state index contributed by atoms with van der Waals surface area (Å²) in [5.74, 6) is 0.236. The summed E-state index contributed by atoms with van der Waals surface area (Å²) in [5, 5.41) is 2.80. The summed E-state index contributed by atoms with van der Waals surface area (Å²) in [7, 11) is 0. The van der Waals surface area contributed by atoms with Gasteiger partial charge in [0.1, 0.15) is 5.76 Å². The number of rotatable bonds is 4. The second-order valence-electron chi connectivity index (χ2n) is 4.94. The highest BCUT2D eigenvalue weighted by Gasteiger charge is 2.13. The van der Waals surface area contributed by atoms with Crippen molar-refractivity contribution in [2.75, 3.05) is 5.32 Å². The van der Waals surface area contributed by atoms with Gasteiger partial charge in [0.25, 0.3) is 5.91 Å². The van der Waals surface area contributed by atoms with Crippen LogP contribution in [0.15, 0.2) is 59.6 Å². The molecule has 0 aliphatic carbocycles. The van der Waals surface area contributed by atoms with Gasteiger partial charge in [0, 0.05) is 18.1 Å². The Morgan fingerprint density at radius 2 is 1.77 bits per heavy atom. The molecule has 0 atom stereocenters. The topological polar surface area (TPSA) is 68.0 Å². The van der Waals surface area contributed by atoms with E-state index >= 15 is 0 Å². The number of anilines is 1. The molecule has 0 aliphatic heterocycles. The van der Waals surface area contributed by atoms with E-state index in [1.807, 2.05) is 36.4 Å². The Bertz CT molecular complexity index is 764.